The van der Waals surface area contributed by atoms with E-state index in [2.05, 4.69) is 22.0 Å². The van der Waals surface area contributed by atoms with E-state index in [1.807, 2.05) is 12.1 Å². The Kier molecular flexibility index (Phi) is 2.56. The van der Waals surface area contributed by atoms with Gasteiger partial charge >= 0.3 is 0 Å². The van der Waals surface area contributed by atoms with E-state index in [0.29, 0.717) is 12.5 Å². The largest absolute Gasteiger partial charge is 0.493 e. The van der Waals surface area contributed by atoms with Crippen LogP contribution in [0.5, 0.6) is 5.75 Å². The van der Waals surface area contributed by atoms with Crippen LogP contribution in [0.1, 0.15) is 17.9 Å². The van der Waals surface area contributed by atoms with E-state index < -0.39 is 0 Å². The summed E-state index contributed by atoms with van der Waals surface area (Å²) in [6, 6.07) is 6.14. The van der Waals surface area contributed by atoms with Gasteiger partial charge in [-0.25, -0.2) is 0 Å². The Balaban J connectivity index is 2.40. The molecule has 1 atom stereocenters. The number of hydrogen-bond donors (Lipinski definition) is 1. The number of nitrogens with two attached hydrogens (primary N) is 1. The molecule has 70 valence electrons. The molecule has 3 heteroatoms. The summed E-state index contributed by atoms with van der Waals surface area (Å²) in [6.45, 7) is 1.49. The van der Waals surface area contributed by atoms with Crippen LogP contribution in [0.15, 0.2) is 22.7 Å². The molecule has 0 radical (unpaired) electrons. The third-order valence-corrected chi connectivity index (χ3v) is 2.92. The first-order valence-electron chi connectivity index (χ1n) is 4.43. The van der Waals surface area contributed by atoms with Crippen LogP contribution in [0.25, 0.3) is 0 Å². The molecule has 0 spiro atoms. The third-order valence-electron chi connectivity index (χ3n) is 2.42. The van der Waals surface area contributed by atoms with Gasteiger partial charge in [0.15, 0.2) is 0 Å². The normalized spacial score (nSPS) is 20.6. The van der Waals surface area contributed by atoms with Gasteiger partial charge in [-0.15, -0.1) is 0 Å². The first-order chi connectivity index (χ1) is 6.31. The topological polar surface area (TPSA) is 35.2 Å². The quantitative estimate of drug-likeness (QED) is 0.819. The number of halogens is 1. The molecular formula is C10H12BrNO. The molecule has 0 amide bonds. The molecule has 0 saturated carbocycles. The smallest absolute Gasteiger partial charge is 0.123 e. The van der Waals surface area contributed by atoms with Gasteiger partial charge in [0, 0.05) is 10.4 Å². The molecule has 1 aromatic carbocycles. The number of hydrogen-bond acceptors (Lipinski definition) is 2. The molecule has 1 aliphatic rings. The van der Waals surface area contributed by atoms with Gasteiger partial charge < -0.3 is 10.5 Å². The molecule has 1 aliphatic heterocycles. The molecule has 0 bridgehead atoms. The van der Waals surface area contributed by atoms with Crippen molar-refractivity contribution < 1.29 is 4.74 Å². The monoisotopic (exact) mass is 241 g/mol. The highest BCUT2D eigenvalue weighted by Crippen LogP contribution is 2.34. The molecule has 0 saturated heterocycles. The van der Waals surface area contributed by atoms with E-state index in [1.54, 1.807) is 0 Å². The molecule has 0 fully saturated rings. The fourth-order valence-electron chi connectivity index (χ4n) is 1.68. The second kappa shape index (κ2) is 3.68. The predicted molar refractivity (Wildman–Crippen MR) is 56.0 cm³/mol. The minimum Gasteiger partial charge on any atom is -0.493 e. The van der Waals surface area contributed by atoms with Crippen molar-refractivity contribution in [3.8, 4) is 5.75 Å². The molecular weight excluding hydrogens is 230 g/mol. The van der Waals surface area contributed by atoms with Gasteiger partial charge in [0.25, 0.3) is 0 Å². The Morgan fingerprint density at radius 3 is 3.15 bits per heavy atom. The standard InChI is InChI=1S/C10H12BrNO/c11-8-1-2-9-7(6-12)3-4-13-10(9)5-8/h1-2,5,7H,3-4,6,12H2/t7-/m0/s1. The summed E-state index contributed by atoms with van der Waals surface area (Å²) in [5.41, 5.74) is 6.94. The van der Waals surface area contributed by atoms with E-state index in [1.165, 1.54) is 5.56 Å². The van der Waals surface area contributed by atoms with Gasteiger partial charge in [-0.2, -0.15) is 0 Å². The Morgan fingerprint density at radius 1 is 1.54 bits per heavy atom. The number of benzene rings is 1. The first-order valence-corrected chi connectivity index (χ1v) is 5.23. The Labute approximate surface area is 86.2 Å². The van der Waals surface area contributed by atoms with Gasteiger partial charge in [0.1, 0.15) is 5.75 Å². The van der Waals surface area contributed by atoms with Gasteiger partial charge in [-0.1, -0.05) is 22.0 Å². The van der Waals surface area contributed by atoms with Gasteiger partial charge in [0.2, 0.25) is 0 Å². The highest BCUT2D eigenvalue weighted by Gasteiger charge is 2.19. The molecule has 1 aromatic rings. The maximum atomic E-state index is 5.69. The van der Waals surface area contributed by atoms with Crippen LogP contribution in [0.2, 0.25) is 0 Å². The first kappa shape index (κ1) is 9.03. The summed E-state index contributed by atoms with van der Waals surface area (Å²) in [5.74, 6) is 1.45. The van der Waals surface area contributed by atoms with Crippen molar-refractivity contribution >= 4 is 15.9 Å². The summed E-state index contributed by atoms with van der Waals surface area (Å²) in [6.07, 6.45) is 1.03. The Hall–Kier alpha value is -0.540. The van der Waals surface area contributed by atoms with Crippen LogP contribution in [-0.2, 0) is 0 Å². The van der Waals surface area contributed by atoms with Crippen LogP contribution in [0.4, 0.5) is 0 Å². The maximum Gasteiger partial charge on any atom is 0.123 e. The van der Waals surface area contributed by atoms with Gasteiger partial charge in [-0.05, 0) is 30.7 Å². The average Bonchev–Trinajstić information content (AvgIpc) is 2.16. The summed E-state index contributed by atoms with van der Waals surface area (Å²) in [5, 5.41) is 0. The molecule has 13 heavy (non-hydrogen) atoms. The van der Waals surface area contributed by atoms with Crippen LogP contribution in [0, 0.1) is 0 Å². The van der Waals surface area contributed by atoms with E-state index in [-0.39, 0.29) is 0 Å². The number of fused-ring (bicyclic) bond motifs is 1. The second-order valence-corrected chi connectivity index (χ2v) is 4.17. The van der Waals surface area contributed by atoms with E-state index >= 15 is 0 Å². The fraction of sp³-hybridized carbons (Fsp3) is 0.400. The predicted octanol–water partition coefficient (Wildman–Crippen LogP) is 2.27. The lowest BCUT2D eigenvalue weighted by Crippen LogP contribution is -2.20. The average molecular weight is 242 g/mol. The molecule has 0 unspecified atom stereocenters. The van der Waals surface area contributed by atoms with Crippen LogP contribution in [-0.4, -0.2) is 13.2 Å². The highest BCUT2D eigenvalue weighted by atomic mass is 79.9. The lowest BCUT2D eigenvalue weighted by atomic mass is 9.93. The zero-order chi connectivity index (χ0) is 9.26. The highest BCUT2D eigenvalue weighted by molar-refractivity contribution is 9.10. The Bertz CT molecular complexity index is 314. The lowest BCUT2D eigenvalue weighted by Gasteiger charge is -2.24. The van der Waals surface area contributed by atoms with E-state index in [4.69, 9.17) is 10.5 Å². The van der Waals surface area contributed by atoms with Gasteiger partial charge in [-0.3, -0.25) is 0 Å². The third kappa shape index (κ3) is 1.71. The lowest BCUT2D eigenvalue weighted by molar-refractivity contribution is 0.268. The zero-order valence-corrected chi connectivity index (χ0v) is 8.88. The summed E-state index contributed by atoms with van der Waals surface area (Å²) in [7, 11) is 0. The molecule has 0 aliphatic carbocycles. The number of ether oxygens (including phenoxy) is 1. The van der Waals surface area contributed by atoms with Crippen LogP contribution in [0.3, 0.4) is 0 Å². The summed E-state index contributed by atoms with van der Waals surface area (Å²) < 4.78 is 6.61. The minimum atomic E-state index is 0.469. The fourth-order valence-corrected chi connectivity index (χ4v) is 2.02. The van der Waals surface area contributed by atoms with Crippen molar-refractivity contribution in [1.29, 1.82) is 0 Å². The van der Waals surface area contributed by atoms with Crippen molar-refractivity contribution in [2.75, 3.05) is 13.2 Å². The van der Waals surface area contributed by atoms with E-state index in [9.17, 15) is 0 Å². The molecule has 1 heterocycles. The van der Waals surface area contributed by atoms with E-state index in [0.717, 1.165) is 23.2 Å². The van der Waals surface area contributed by atoms with Crippen LogP contribution >= 0.6 is 15.9 Å². The van der Waals surface area contributed by atoms with Crippen molar-refractivity contribution in [3.63, 3.8) is 0 Å². The second-order valence-electron chi connectivity index (χ2n) is 3.25. The van der Waals surface area contributed by atoms with Crippen molar-refractivity contribution in [2.24, 2.45) is 5.73 Å². The molecule has 0 aromatic heterocycles. The van der Waals surface area contributed by atoms with Crippen LogP contribution < -0.4 is 10.5 Å². The maximum absolute atomic E-state index is 5.69. The molecule has 2 nitrogen and oxygen atoms in total. The number of rotatable bonds is 1. The zero-order valence-electron chi connectivity index (χ0n) is 7.29. The van der Waals surface area contributed by atoms with Crippen molar-refractivity contribution in [1.82, 2.24) is 0 Å². The van der Waals surface area contributed by atoms with Crippen molar-refractivity contribution in [2.45, 2.75) is 12.3 Å². The Morgan fingerprint density at radius 2 is 2.38 bits per heavy atom. The van der Waals surface area contributed by atoms with Crippen molar-refractivity contribution in [3.05, 3.63) is 28.2 Å². The summed E-state index contributed by atoms with van der Waals surface area (Å²) >= 11 is 3.42. The summed E-state index contributed by atoms with van der Waals surface area (Å²) in [4.78, 5) is 0. The minimum absolute atomic E-state index is 0.469. The molecule has 2 rings (SSSR count). The SMILES string of the molecule is NC[C@@H]1CCOc2cc(Br)ccc21. The molecule has 2 N–H and O–H groups in total. The van der Waals surface area contributed by atoms with Gasteiger partial charge in [0.05, 0.1) is 6.61 Å².